The molecule has 110 valence electrons. The molecule has 0 aromatic heterocycles. The Morgan fingerprint density at radius 1 is 1.10 bits per heavy atom. The molecule has 0 spiro atoms. The molecule has 1 saturated carbocycles. The Morgan fingerprint density at radius 3 is 2.62 bits per heavy atom. The molecule has 0 unspecified atom stereocenters. The van der Waals surface area contributed by atoms with E-state index in [4.69, 9.17) is 32.7 Å². The predicted octanol–water partition coefficient (Wildman–Crippen LogP) is 5.46. The second-order valence-electron chi connectivity index (χ2n) is 5.17. The van der Waals surface area contributed by atoms with E-state index in [0.717, 1.165) is 17.1 Å². The molecule has 0 amide bonds. The van der Waals surface area contributed by atoms with Crippen LogP contribution in [0.1, 0.15) is 29.9 Å². The molecule has 1 aliphatic rings. The summed E-state index contributed by atoms with van der Waals surface area (Å²) in [5.74, 6) is 2.18. The lowest BCUT2D eigenvalue weighted by atomic mass is 10.1. The Hall–Kier alpha value is -1.38. The molecule has 0 saturated heterocycles. The molecule has 0 aliphatic heterocycles. The lowest BCUT2D eigenvalue weighted by molar-refractivity contribution is 0.294. The van der Waals surface area contributed by atoms with Crippen LogP contribution in [0.2, 0.25) is 10.0 Å². The van der Waals surface area contributed by atoms with Crippen molar-refractivity contribution in [2.24, 2.45) is 0 Å². The third kappa shape index (κ3) is 3.28. The van der Waals surface area contributed by atoms with Crippen molar-refractivity contribution in [1.82, 2.24) is 0 Å². The molecule has 0 N–H and O–H groups in total. The minimum atomic E-state index is 0.364. The van der Waals surface area contributed by atoms with Gasteiger partial charge in [0.05, 0.1) is 12.1 Å². The average Bonchev–Trinajstić information content (AvgIpc) is 3.30. The van der Waals surface area contributed by atoms with Crippen molar-refractivity contribution >= 4 is 23.2 Å². The molecule has 0 bridgehead atoms. The van der Waals surface area contributed by atoms with E-state index in [2.05, 4.69) is 6.07 Å². The molecule has 3 rings (SSSR count). The van der Waals surface area contributed by atoms with Gasteiger partial charge in [-0.2, -0.15) is 0 Å². The number of rotatable bonds is 5. The number of ether oxygens (including phenoxy) is 2. The maximum absolute atomic E-state index is 6.23. The van der Waals surface area contributed by atoms with Crippen LogP contribution >= 0.6 is 23.2 Å². The van der Waals surface area contributed by atoms with Crippen molar-refractivity contribution in [2.45, 2.75) is 25.4 Å². The zero-order valence-electron chi connectivity index (χ0n) is 11.7. The smallest absolute Gasteiger partial charge is 0.126 e. The maximum Gasteiger partial charge on any atom is 0.126 e. The Labute approximate surface area is 134 Å². The van der Waals surface area contributed by atoms with Gasteiger partial charge in [-0.15, -0.1) is 0 Å². The van der Waals surface area contributed by atoms with E-state index < -0.39 is 0 Å². The van der Waals surface area contributed by atoms with E-state index in [0.29, 0.717) is 22.6 Å². The van der Waals surface area contributed by atoms with Gasteiger partial charge in [0, 0.05) is 10.6 Å². The highest BCUT2D eigenvalue weighted by Crippen LogP contribution is 2.45. The van der Waals surface area contributed by atoms with Crippen molar-refractivity contribution in [2.75, 3.05) is 7.11 Å². The van der Waals surface area contributed by atoms with E-state index >= 15 is 0 Å². The number of halogens is 2. The average molecular weight is 323 g/mol. The first-order valence-corrected chi connectivity index (χ1v) is 7.68. The highest BCUT2D eigenvalue weighted by molar-refractivity contribution is 6.31. The van der Waals surface area contributed by atoms with Gasteiger partial charge in [0.25, 0.3) is 0 Å². The second-order valence-corrected chi connectivity index (χ2v) is 6.01. The fourth-order valence-electron chi connectivity index (χ4n) is 2.38. The highest BCUT2D eigenvalue weighted by Gasteiger charge is 2.27. The van der Waals surface area contributed by atoms with Gasteiger partial charge in [0.2, 0.25) is 0 Å². The normalized spacial score (nSPS) is 14.0. The standard InChI is InChI=1S/C17H16Cl2O2/c1-20-16-4-2-3-15(19)14(16)10-21-17-9-12(18)7-8-13(17)11-5-6-11/h2-4,7-9,11H,5-6,10H2,1H3. The number of hydrogen-bond donors (Lipinski definition) is 0. The van der Waals surface area contributed by atoms with Crippen LogP contribution in [0.25, 0.3) is 0 Å². The maximum atomic E-state index is 6.23. The van der Waals surface area contributed by atoms with Gasteiger partial charge in [0.15, 0.2) is 0 Å². The number of hydrogen-bond acceptors (Lipinski definition) is 2. The molecule has 1 fully saturated rings. The van der Waals surface area contributed by atoms with Crippen molar-refractivity contribution in [3.8, 4) is 11.5 Å². The molecular formula is C17H16Cl2O2. The van der Waals surface area contributed by atoms with Crippen molar-refractivity contribution in [3.05, 3.63) is 57.6 Å². The topological polar surface area (TPSA) is 18.5 Å². The summed E-state index contributed by atoms with van der Waals surface area (Å²) in [7, 11) is 1.63. The minimum Gasteiger partial charge on any atom is -0.496 e. The molecule has 0 radical (unpaired) electrons. The molecule has 1 aliphatic carbocycles. The van der Waals surface area contributed by atoms with Gasteiger partial charge in [-0.05, 0) is 48.6 Å². The predicted molar refractivity (Wildman–Crippen MR) is 85.8 cm³/mol. The number of methoxy groups -OCH3 is 1. The molecule has 4 heteroatoms. The molecule has 2 aromatic rings. The SMILES string of the molecule is COc1cccc(Cl)c1COc1cc(Cl)ccc1C1CC1. The summed E-state index contributed by atoms with van der Waals surface area (Å²) in [5.41, 5.74) is 2.08. The fraction of sp³-hybridized carbons (Fsp3) is 0.294. The summed E-state index contributed by atoms with van der Waals surface area (Å²) in [6, 6.07) is 11.4. The van der Waals surface area contributed by atoms with Crippen LogP contribution in [-0.2, 0) is 6.61 Å². The molecule has 0 heterocycles. The Bertz CT molecular complexity index is 651. The van der Waals surface area contributed by atoms with Gasteiger partial charge >= 0.3 is 0 Å². The highest BCUT2D eigenvalue weighted by atomic mass is 35.5. The van der Waals surface area contributed by atoms with E-state index in [1.54, 1.807) is 7.11 Å². The van der Waals surface area contributed by atoms with Crippen LogP contribution in [0.4, 0.5) is 0 Å². The summed E-state index contributed by atoms with van der Waals surface area (Å²) < 4.78 is 11.3. The zero-order valence-corrected chi connectivity index (χ0v) is 13.2. The lowest BCUT2D eigenvalue weighted by Gasteiger charge is -2.14. The largest absolute Gasteiger partial charge is 0.496 e. The first kappa shape index (κ1) is 14.6. The lowest BCUT2D eigenvalue weighted by Crippen LogP contribution is -2.01. The number of benzene rings is 2. The second kappa shape index (κ2) is 6.17. The Kier molecular flexibility index (Phi) is 4.27. The van der Waals surface area contributed by atoms with Crippen LogP contribution in [0.5, 0.6) is 11.5 Å². The van der Waals surface area contributed by atoms with E-state index in [1.165, 1.54) is 18.4 Å². The van der Waals surface area contributed by atoms with Crippen LogP contribution in [-0.4, -0.2) is 7.11 Å². The van der Waals surface area contributed by atoms with Crippen LogP contribution < -0.4 is 9.47 Å². The zero-order chi connectivity index (χ0) is 14.8. The van der Waals surface area contributed by atoms with Gasteiger partial charge in [0.1, 0.15) is 18.1 Å². The summed E-state index contributed by atoms with van der Waals surface area (Å²) in [4.78, 5) is 0. The van der Waals surface area contributed by atoms with E-state index in [9.17, 15) is 0 Å². The van der Waals surface area contributed by atoms with Crippen molar-refractivity contribution < 1.29 is 9.47 Å². The third-order valence-electron chi connectivity index (χ3n) is 3.66. The van der Waals surface area contributed by atoms with Gasteiger partial charge in [-0.3, -0.25) is 0 Å². The molecular weight excluding hydrogens is 307 g/mol. The third-order valence-corrected chi connectivity index (χ3v) is 4.25. The summed E-state index contributed by atoms with van der Waals surface area (Å²) in [5, 5.41) is 1.32. The minimum absolute atomic E-state index is 0.364. The van der Waals surface area contributed by atoms with Gasteiger partial charge in [-0.1, -0.05) is 35.3 Å². The molecule has 2 nitrogen and oxygen atoms in total. The molecule has 2 aromatic carbocycles. The van der Waals surface area contributed by atoms with Gasteiger partial charge in [-0.25, -0.2) is 0 Å². The summed E-state index contributed by atoms with van der Waals surface area (Å²) in [6.07, 6.45) is 2.43. The Morgan fingerprint density at radius 2 is 1.90 bits per heavy atom. The molecule has 21 heavy (non-hydrogen) atoms. The van der Waals surface area contributed by atoms with Crippen LogP contribution in [0.3, 0.4) is 0 Å². The monoisotopic (exact) mass is 322 g/mol. The molecule has 0 atom stereocenters. The quantitative estimate of drug-likeness (QED) is 0.727. The van der Waals surface area contributed by atoms with E-state index in [1.807, 2.05) is 30.3 Å². The van der Waals surface area contributed by atoms with E-state index in [-0.39, 0.29) is 0 Å². The van der Waals surface area contributed by atoms with Crippen LogP contribution in [0.15, 0.2) is 36.4 Å². The summed E-state index contributed by atoms with van der Waals surface area (Å²) >= 11 is 12.3. The Balaban J connectivity index is 1.84. The fourth-order valence-corrected chi connectivity index (χ4v) is 2.77. The van der Waals surface area contributed by atoms with Gasteiger partial charge < -0.3 is 9.47 Å². The first-order chi connectivity index (χ1) is 10.2. The van der Waals surface area contributed by atoms with Crippen molar-refractivity contribution in [3.63, 3.8) is 0 Å². The van der Waals surface area contributed by atoms with Crippen molar-refractivity contribution in [1.29, 1.82) is 0 Å². The summed E-state index contributed by atoms with van der Waals surface area (Å²) in [6.45, 7) is 0.364. The first-order valence-electron chi connectivity index (χ1n) is 6.92. The van der Waals surface area contributed by atoms with Crippen LogP contribution in [0, 0.1) is 0 Å².